The van der Waals surface area contributed by atoms with Crippen LogP contribution in [0.15, 0.2) is 78.9 Å². The molecule has 4 rings (SSSR count). The van der Waals surface area contributed by atoms with Crippen LogP contribution in [0.3, 0.4) is 0 Å². The first-order valence-electron chi connectivity index (χ1n) is 9.65. The molecule has 0 radical (unpaired) electrons. The number of carboxylic acid groups (broad SMARTS) is 1. The monoisotopic (exact) mass is 412 g/mol. The highest BCUT2D eigenvalue weighted by Crippen LogP contribution is 2.43. The molecule has 0 atom stereocenters. The third-order valence-corrected chi connectivity index (χ3v) is 4.95. The molecule has 31 heavy (non-hydrogen) atoms. The molecule has 154 valence electrons. The number of aryl methyl sites for hydroxylation is 1. The Hall–Kier alpha value is -4.25. The minimum atomic E-state index is -1.01. The quantitative estimate of drug-likeness (QED) is 0.344. The predicted molar refractivity (Wildman–Crippen MR) is 121 cm³/mol. The molecule has 0 amide bonds. The summed E-state index contributed by atoms with van der Waals surface area (Å²) in [5.74, 6) is 0.456. The molecule has 0 saturated heterocycles. The van der Waals surface area contributed by atoms with E-state index in [1.54, 1.807) is 48.5 Å². The zero-order valence-electron chi connectivity index (χ0n) is 16.7. The molecule has 0 unspecified atom stereocenters. The van der Waals surface area contributed by atoms with Gasteiger partial charge in [-0.1, -0.05) is 36.4 Å². The lowest BCUT2D eigenvalue weighted by Gasteiger charge is -2.18. The molecule has 4 aromatic rings. The van der Waals surface area contributed by atoms with Gasteiger partial charge in [-0.15, -0.1) is 0 Å². The van der Waals surface area contributed by atoms with E-state index in [1.165, 1.54) is 6.08 Å². The number of fused-ring (bicyclic) bond motifs is 1. The SMILES string of the molecule is Cc1cc2ccc(O)cc2c(Oc2ccc(/C=C/C(=O)O)cc2)c1-c1ccc(O)cc1. The molecule has 0 bridgehead atoms. The smallest absolute Gasteiger partial charge is 0.328 e. The molecule has 0 aliphatic rings. The molecule has 0 aromatic heterocycles. The lowest BCUT2D eigenvalue weighted by atomic mass is 9.94. The number of phenolic OH excluding ortho intramolecular Hbond substituents is 2. The molecule has 0 saturated carbocycles. The summed E-state index contributed by atoms with van der Waals surface area (Å²) in [5.41, 5.74) is 3.45. The van der Waals surface area contributed by atoms with Crippen molar-refractivity contribution in [2.45, 2.75) is 6.92 Å². The minimum Gasteiger partial charge on any atom is -0.508 e. The van der Waals surface area contributed by atoms with Crippen molar-refractivity contribution in [1.82, 2.24) is 0 Å². The van der Waals surface area contributed by atoms with E-state index >= 15 is 0 Å². The maximum Gasteiger partial charge on any atom is 0.328 e. The second kappa shape index (κ2) is 8.24. The third-order valence-electron chi connectivity index (χ3n) is 4.95. The average molecular weight is 412 g/mol. The number of aliphatic carboxylic acids is 1. The zero-order chi connectivity index (χ0) is 22.0. The van der Waals surface area contributed by atoms with Crippen molar-refractivity contribution in [3.05, 3.63) is 90.0 Å². The molecule has 3 N–H and O–H groups in total. The number of ether oxygens (including phenoxy) is 1. The van der Waals surface area contributed by atoms with Gasteiger partial charge in [-0.25, -0.2) is 4.79 Å². The lowest BCUT2D eigenvalue weighted by molar-refractivity contribution is -0.131. The van der Waals surface area contributed by atoms with E-state index in [2.05, 4.69) is 0 Å². The van der Waals surface area contributed by atoms with Crippen molar-refractivity contribution in [2.75, 3.05) is 0 Å². The highest BCUT2D eigenvalue weighted by molar-refractivity contribution is 5.97. The second-order valence-corrected chi connectivity index (χ2v) is 7.19. The van der Waals surface area contributed by atoms with E-state index in [-0.39, 0.29) is 11.5 Å². The van der Waals surface area contributed by atoms with E-state index in [0.29, 0.717) is 11.5 Å². The zero-order valence-corrected chi connectivity index (χ0v) is 16.7. The summed E-state index contributed by atoms with van der Waals surface area (Å²) in [5, 5.41) is 30.2. The summed E-state index contributed by atoms with van der Waals surface area (Å²) in [4.78, 5) is 10.7. The van der Waals surface area contributed by atoms with Crippen molar-refractivity contribution in [3.63, 3.8) is 0 Å². The van der Waals surface area contributed by atoms with Crippen molar-refractivity contribution in [1.29, 1.82) is 0 Å². The number of benzene rings is 4. The number of carboxylic acids is 1. The number of rotatable bonds is 5. The van der Waals surface area contributed by atoms with Gasteiger partial charge in [-0.3, -0.25) is 0 Å². The summed E-state index contributed by atoms with van der Waals surface area (Å²) < 4.78 is 6.31. The van der Waals surface area contributed by atoms with E-state index in [9.17, 15) is 15.0 Å². The number of phenols is 2. The van der Waals surface area contributed by atoms with Gasteiger partial charge < -0.3 is 20.1 Å². The molecule has 0 spiro atoms. The van der Waals surface area contributed by atoms with Crippen LogP contribution >= 0.6 is 0 Å². The minimum absolute atomic E-state index is 0.131. The van der Waals surface area contributed by atoms with Gasteiger partial charge in [0.2, 0.25) is 0 Å². The molecule has 5 nitrogen and oxygen atoms in total. The van der Waals surface area contributed by atoms with E-state index in [0.717, 1.165) is 39.1 Å². The van der Waals surface area contributed by atoms with Crippen LogP contribution in [-0.2, 0) is 4.79 Å². The van der Waals surface area contributed by atoms with Gasteiger partial charge in [0.15, 0.2) is 0 Å². The lowest BCUT2D eigenvalue weighted by Crippen LogP contribution is -1.94. The first kappa shape index (κ1) is 20.0. The van der Waals surface area contributed by atoms with Crippen molar-refractivity contribution in [3.8, 4) is 34.1 Å². The molecule has 4 aromatic carbocycles. The first-order chi connectivity index (χ1) is 14.9. The fourth-order valence-electron chi connectivity index (χ4n) is 3.51. The van der Waals surface area contributed by atoms with E-state index in [1.807, 2.05) is 31.2 Å². The van der Waals surface area contributed by atoms with Gasteiger partial charge >= 0.3 is 5.97 Å². The topological polar surface area (TPSA) is 87.0 Å². The standard InChI is InChI=1S/C26H20O5/c1-16-14-19-7-10-21(28)15-23(19)26(25(16)18-5-8-20(27)9-6-18)31-22-11-2-17(3-12-22)4-13-24(29)30/h2-15,27-28H,1H3,(H,29,30)/b13-4+. The third kappa shape index (κ3) is 4.36. The van der Waals surface area contributed by atoms with Crippen LogP contribution in [0.2, 0.25) is 0 Å². The molecule has 5 heteroatoms. The Bertz CT molecular complexity index is 1290. The molecule has 0 fully saturated rings. The Morgan fingerprint density at radius 1 is 0.871 bits per heavy atom. The Labute approximate surface area is 179 Å². The fourth-order valence-corrected chi connectivity index (χ4v) is 3.51. The Kier molecular flexibility index (Phi) is 5.33. The summed E-state index contributed by atoms with van der Waals surface area (Å²) >= 11 is 0. The summed E-state index contributed by atoms with van der Waals surface area (Å²) in [6.07, 6.45) is 2.59. The average Bonchev–Trinajstić information content (AvgIpc) is 2.75. The predicted octanol–water partition coefficient (Wildman–Crippen LogP) is 6.12. The normalized spacial score (nSPS) is 11.1. The maximum atomic E-state index is 10.7. The number of aromatic hydroxyl groups is 2. The second-order valence-electron chi connectivity index (χ2n) is 7.19. The van der Waals surface area contributed by atoms with Gasteiger partial charge in [-0.2, -0.15) is 0 Å². The molecule has 0 heterocycles. The van der Waals surface area contributed by atoms with Crippen LogP contribution in [0.5, 0.6) is 23.0 Å². The maximum absolute atomic E-state index is 10.7. The van der Waals surface area contributed by atoms with Gasteiger partial charge in [0.25, 0.3) is 0 Å². The summed E-state index contributed by atoms with van der Waals surface area (Å²) in [6.45, 7) is 1.99. The van der Waals surface area contributed by atoms with Crippen LogP contribution in [0.25, 0.3) is 28.0 Å². The molecular formula is C26H20O5. The summed E-state index contributed by atoms with van der Waals surface area (Å²) in [6, 6.07) is 21.1. The Morgan fingerprint density at radius 2 is 1.55 bits per heavy atom. The summed E-state index contributed by atoms with van der Waals surface area (Å²) in [7, 11) is 0. The van der Waals surface area contributed by atoms with Gasteiger partial charge in [0.05, 0.1) is 0 Å². The number of hydrogen-bond acceptors (Lipinski definition) is 4. The van der Waals surface area contributed by atoms with Gasteiger partial charge in [0, 0.05) is 17.0 Å². The van der Waals surface area contributed by atoms with E-state index in [4.69, 9.17) is 9.84 Å². The molecular weight excluding hydrogens is 392 g/mol. The fraction of sp³-hybridized carbons (Fsp3) is 0.0385. The first-order valence-corrected chi connectivity index (χ1v) is 9.65. The van der Waals surface area contributed by atoms with Gasteiger partial charge in [-0.05, 0) is 71.5 Å². The number of hydrogen-bond donors (Lipinski definition) is 3. The van der Waals surface area contributed by atoms with Crippen molar-refractivity contribution >= 4 is 22.8 Å². The highest BCUT2D eigenvalue weighted by atomic mass is 16.5. The Balaban J connectivity index is 1.84. The van der Waals surface area contributed by atoms with Crippen LogP contribution < -0.4 is 4.74 Å². The van der Waals surface area contributed by atoms with Crippen LogP contribution in [-0.4, -0.2) is 21.3 Å². The Morgan fingerprint density at radius 3 is 2.23 bits per heavy atom. The van der Waals surface area contributed by atoms with Crippen molar-refractivity contribution < 1.29 is 24.9 Å². The van der Waals surface area contributed by atoms with E-state index < -0.39 is 5.97 Å². The number of carbonyl (C=O) groups is 1. The van der Waals surface area contributed by atoms with Crippen LogP contribution in [0, 0.1) is 6.92 Å². The molecule has 0 aliphatic heterocycles. The highest BCUT2D eigenvalue weighted by Gasteiger charge is 2.16. The van der Waals surface area contributed by atoms with Crippen LogP contribution in [0.4, 0.5) is 0 Å². The molecule has 0 aliphatic carbocycles. The largest absolute Gasteiger partial charge is 0.508 e. The van der Waals surface area contributed by atoms with Crippen molar-refractivity contribution in [2.24, 2.45) is 0 Å². The van der Waals surface area contributed by atoms with Crippen LogP contribution in [0.1, 0.15) is 11.1 Å². The van der Waals surface area contributed by atoms with Gasteiger partial charge in [0.1, 0.15) is 23.0 Å².